The molecule has 7 heteroatoms. The van der Waals surface area contributed by atoms with Gasteiger partial charge in [0.25, 0.3) is 0 Å². The van der Waals surface area contributed by atoms with Gasteiger partial charge in [-0.1, -0.05) is 52.3 Å². The van der Waals surface area contributed by atoms with Gasteiger partial charge in [0.15, 0.2) is 0 Å². The lowest BCUT2D eigenvalue weighted by molar-refractivity contribution is -0.122. The van der Waals surface area contributed by atoms with Crippen molar-refractivity contribution in [2.24, 2.45) is 0 Å². The normalized spacial score (nSPS) is 11.7. The predicted molar refractivity (Wildman–Crippen MR) is 106 cm³/mol. The van der Waals surface area contributed by atoms with Crippen LogP contribution in [0.5, 0.6) is 5.75 Å². The fraction of sp³-hybridized carbons (Fsp3) is 0.250. The Morgan fingerprint density at radius 2 is 2.04 bits per heavy atom. The van der Waals surface area contributed by atoms with Gasteiger partial charge in [0, 0.05) is 10.9 Å². The molecular formula is C20H21BrN4O2. The molecule has 1 N–H and O–H groups in total. The number of hydrogen-bond acceptors (Lipinski definition) is 4. The largest absolute Gasteiger partial charge is 0.494 e. The lowest BCUT2D eigenvalue weighted by atomic mass is 10.1. The number of amides is 1. The monoisotopic (exact) mass is 428 g/mol. The van der Waals surface area contributed by atoms with Crippen LogP contribution in [0.15, 0.2) is 71.7 Å². The third-order valence-corrected chi connectivity index (χ3v) is 4.48. The van der Waals surface area contributed by atoms with Crippen molar-refractivity contribution in [2.75, 3.05) is 6.61 Å². The Hall–Kier alpha value is -2.67. The molecule has 0 radical (unpaired) electrons. The van der Waals surface area contributed by atoms with Crippen LogP contribution >= 0.6 is 15.9 Å². The van der Waals surface area contributed by atoms with Gasteiger partial charge in [-0.25, -0.2) is 4.98 Å². The van der Waals surface area contributed by atoms with Gasteiger partial charge in [0.2, 0.25) is 5.91 Å². The number of benzene rings is 2. The second-order valence-electron chi connectivity index (χ2n) is 6.06. The van der Waals surface area contributed by atoms with Crippen molar-refractivity contribution >= 4 is 21.8 Å². The predicted octanol–water partition coefficient (Wildman–Crippen LogP) is 3.76. The lowest BCUT2D eigenvalue weighted by Crippen LogP contribution is -2.31. The van der Waals surface area contributed by atoms with Gasteiger partial charge in [-0.15, -0.1) is 0 Å². The van der Waals surface area contributed by atoms with Crippen LogP contribution in [0, 0.1) is 0 Å². The standard InChI is InChI=1S/C20H21BrN4O2/c21-17-8-4-9-18(12-17)27-11-5-10-20(26)24-19(13-25-15-22-14-23-25)16-6-2-1-3-7-16/h1-4,6-9,12,14-15,19H,5,10-11,13H2,(H,24,26). The van der Waals surface area contributed by atoms with Crippen LogP contribution in [-0.4, -0.2) is 27.3 Å². The van der Waals surface area contributed by atoms with E-state index < -0.39 is 0 Å². The second-order valence-corrected chi connectivity index (χ2v) is 6.97. The Morgan fingerprint density at radius 3 is 2.78 bits per heavy atom. The van der Waals surface area contributed by atoms with Gasteiger partial charge in [-0.05, 0) is 30.2 Å². The number of nitrogens with zero attached hydrogens (tertiary/aromatic N) is 3. The Morgan fingerprint density at radius 1 is 1.19 bits per heavy atom. The van der Waals surface area contributed by atoms with E-state index in [9.17, 15) is 4.79 Å². The summed E-state index contributed by atoms with van der Waals surface area (Å²) < 4.78 is 8.37. The van der Waals surface area contributed by atoms with Gasteiger partial charge in [0.1, 0.15) is 18.4 Å². The minimum Gasteiger partial charge on any atom is -0.494 e. The first-order valence-corrected chi connectivity index (χ1v) is 9.55. The summed E-state index contributed by atoms with van der Waals surface area (Å²) in [6.07, 6.45) is 4.18. The van der Waals surface area contributed by atoms with E-state index in [2.05, 4.69) is 31.3 Å². The molecule has 6 nitrogen and oxygen atoms in total. The molecule has 0 spiro atoms. The fourth-order valence-electron chi connectivity index (χ4n) is 2.68. The molecule has 0 fully saturated rings. The van der Waals surface area contributed by atoms with E-state index in [4.69, 9.17) is 4.74 Å². The highest BCUT2D eigenvalue weighted by atomic mass is 79.9. The topological polar surface area (TPSA) is 69.0 Å². The van der Waals surface area contributed by atoms with Crippen molar-refractivity contribution in [1.82, 2.24) is 20.1 Å². The molecule has 27 heavy (non-hydrogen) atoms. The Labute approximate surface area is 166 Å². The molecule has 1 amide bonds. The minimum absolute atomic E-state index is 0.0122. The van der Waals surface area contributed by atoms with Crippen LogP contribution in [-0.2, 0) is 11.3 Å². The van der Waals surface area contributed by atoms with E-state index in [1.807, 2.05) is 54.6 Å². The van der Waals surface area contributed by atoms with Crippen molar-refractivity contribution in [3.8, 4) is 5.75 Å². The van der Waals surface area contributed by atoms with Crippen molar-refractivity contribution in [3.05, 3.63) is 77.3 Å². The van der Waals surface area contributed by atoms with Gasteiger partial charge < -0.3 is 10.1 Å². The fourth-order valence-corrected chi connectivity index (χ4v) is 3.06. The Bertz CT molecular complexity index is 840. The van der Waals surface area contributed by atoms with Gasteiger partial charge in [0.05, 0.1) is 19.2 Å². The zero-order valence-electron chi connectivity index (χ0n) is 14.8. The van der Waals surface area contributed by atoms with Crippen molar-refractivity contribution in [1.29, 1.82) is 0 Å². The summed E-state index contributed by atoms with van der Waals surface area (Å²) >= 11 is 3.41. The number of aromatic nitrogens is 3. The molecule has 0 aliphatic heterocycles. The summed E-state index contributed by atoms with van der Waals surface area (Å²) in [5.41, 5.74) is 1.03. The number of carbonyl (C=O) groups is 1. The zero-order valence-corrected chi connectivity index (χ0v) is 16.4. The molecule has 0 saturated heterocycles. The smallest absolute Gasteiger partial charge is 0.220 e. The van der Waals surface area contributed by atoms with E-state index >= 15 is 0 Å². The number of ether oxygens (including phenoxy) is 1. The highest BCUT2D eigenvalue weighted by Gasteiger charge is 2.15. The van der Waals surface area contributed by atoms with E-state index in [0.717, 1.165) is 15.8 Å². The van der Waals surface area contributed by atoms with Gasteiger partial charge in [-0.3, -0.25) is 9.48 Å². The maximum absolute atomic E-state index is 12.4. The summed E-state index contributed by atoms with van der Waals surface area (Å²) in [4.78, 5) is 16.4. The molecule has 1 atom stereocenters. The van der Waals surface area contributed by atoms with Crippen molar-refractivity contribution in [2.45, 2.75) is 25.4 Å². The molecule has 1 aromatic heterocycles. The first-order chi connectivity index (χ1) is 13.2. The number of carbonyl (C=O) groups excluding carboxylic acids is 1. The van der Waals surface area contributed by atoms with Crippen molar-refractivity contribution < 1.29 is 9.53 Å². The first kappa shape index (κ1) is 19.1. The van der Waals surface area contributed by atoms with E-state index in [-0.39, 0.29) is 11.9 Å². The van der Waals surface area contributed by atoms with E-state index in [1.165, 1.54) is 6.33 Å². The molecule has 3 aromatic rings. The average molecular weight is 429 g/mol. The molecule has 2 aromatic carbocycles. The average Bonchev–Trinajstić information content (AvgIpc) is 3.19. The SMILES string of the molecule is O=C(CCCOc1cccc(Br)c1)NC(Cn1cncn1)c1ccccc1. The third kappa shape index (κ3) is 6.21. The summed E-state index contributed by atoms with van der Waals surface area (Å²) in [6, 6.07) is 17.4. The zero-order chi connectivity index (χ0) is 18.9. The van der Waals surface area contributed by atoms with Crippen LogP contribution in [0.4, 0.5) is 0 Å². The molecule has 0 aliphatic rings. The second kappa shape index (κ2) is 9.87. The molecule has 140 valence electrons. The summed E-state index contributed by atoms with van der Waals surface area (Å²) in [5.74, 6) is 0.778. The Kier molecular flexibility index (Phi) is 6.98. The molecule has 0 aliphatic carbocycles. The van der Waals surface area contributed by atoms with Crippen molar-refractivity contribution in [3.63, 3.8) is 0 Å². The van der Waals surface area contributed by atoms with Crippen LogP contribution < -0.4 is 10.1 Å². The number of hydrogen-bond donors (Lipinski definition) is 1. The quantitative estimate of drug-likeness (QED) is 0.526. The summed E-state index contributed by atoms with van der Waals surface area (Å²) in [7, 11) is 0. The molecule has 1 unspecified atom stereocenters. The van der Waals surface area contributed by atoms with E-state index in [0.29, 0.717) is 26.0 Å². The minimum atomic E-state index is -0.161. The number of rotatable bonds is 9. The molecule has 3 rings (SSSR count). The summed E-state index contributed by atoms with van der Waals surface area (Å²) in [6.45, 7) is 1.02. The molecule has 1 heterocycles. The molecule has 0 saturated carbocycles. The van der Waals surface area contributed by atoms with Crippen LogP contribution in [0.25, 0.3) is 0 Å². The van der Waals surface area contributed by atoms with Crippen LogP contribution in [0.1, 0.15) is 24.4 Å². The number of nitrogens with one attached hydrogen (secondary N) is 1. The molecular weight excluding hydrogens is 408 g/mol. The molecule has 0 bridgehead atoms. The number of halogens is 1. The third-order valence-electron chi connectivity index (χ3n) is 3.99. The highest BCUT2D eigenvalue weighted by Crippen LogP contribution is 2.18. The van der Waals surface area contributed by atoms with E-state index in [1.54, 1.807) is 11.0 Å². The Balaban J connectivity index is 1.50. The summed E-state index contributed by atoms with van der Waals surface area (Å²) in [5, 5.41) is 7.22. The maximum atomic E-state index is 12.4. The highest BCUT2D eigenvalue weighted by molar-refractivity contribution is 9.10. The maximum Gasteiger partial charge on any atom is 0.220 e. The lowest BCUT2D eigenvalue weighted by Gasteiger charge is -2.19. The van der Waals surface area contributed by atoms with Gasteiger partial charge >= 0.3 is 0 Å². The van der Waals surface area contributed by atoms with Gasteiger partial charge in [-0.2, -0.15) is 5.10 Å². The van der Waals surface area contributed by atoms with Crippen LogP contribution in [0.3, 0.4) is 0 Å². The first-order valence-electron chi connectivity index (χ1n) is 8.76. The van der Waals surface area contributed by atoms with Crippen LogP contribution in [0.2, 0.25) is 0 Å².